The van der Waals surface area contributed by atoms with Crippen molar-refractivity contribution < 1.29 is 9.21 Å². The third-order valence-corrected chi connectivity index (χ3v) is 3.51. The summed E-state index contributed by atoms with van der Waals surface area (Å²) in [5.41, 5.74) is 6.89. The zero-order chi connectivity index (χ0) is 14.7. The number of nitrogens with two attached hydrogens (primary N) is 1. The maximum absolute atomic E-state index is 12.1. The molecule has 6 heteroatoms. The summed E-state index contributed by atoms with van der Waals surface area (Å²) in [7, 11) is 0. The first-order valence-corrected chi connectivity index (χ1v) is 7.33. The molecular weight excluding hydrogens is 369 g/mol. The zero-order valence-electron chi connectivity index (χ0n) is 11.3. The van der Waals surface area contributed by atoms with Gasteiger partial charge in [0, 0.05) is 9.26 Å². The highest BCUT2D eigenvalue weighted by Gasteiger charge is 2.19. The molecule has 0 saturated heterocycles. The van der Waals surface area contributed by atoms with Gasteiger partial charge in [0.1, 0.15) is 6.26 Å². The zero-order valence-corrected chi connectivity index (χ0v) is 13.4. The molecule has 2 rings (SSSR count). The van der Waals surface area contributed by atoms with E-state index in [1.165, 1.54) is 6.26 Å². The van der Waals surface area contributed by atoms with E-state index in [0.29, 0.717) is 5.89 Å². The average Bonchev–Trinajstić information content (AvgIpc) is 2.87. The smallest absolute Gasteiger partial charge is 0.277 e. The van der Waals surface area contributed by atoms with Crippen LogP contribution in [0, 0.1) is 9.49 Å². The van der Waals surface area contributed by atoms with Crippen molar-refractivity contribution in [1.29, 1.82) is 0 Å². The van der Waals surface area contributed by atoms with Gasteiger partial charge in [0.25, 0.3) is 5.91 Å². The van der Waals surface area contributed by atoms with Crippen LogP contribution in [0.1, 0.15) is 36.3 Å². The lowest BCUT2D eigenvalue weighted by Crippen LogP contribution is -2.18. The van der Waals surface area contributed by atoms with Crippen molar-refractivity contribution >= 4 is 34.2 Å². The molecule has 3 N–H and O–H groups in total. The molecule has 0 aliphatic carbocycles. The van der Waals surface area contributed by atoms with Crippen LogP contribution in [-0.2, 0) is 0 Å². The van der Waals surface area contributed by atoms with Gasteiger partial charge in [-0.3, -0.25) is 4.79 Å². The van der Waals surface area contributed by atoms with E-state index in [1.54, 1.807) is 0 Å². The van der Waals surface area contributed by atoms with Gasteiger partial charge in [-0.15, -0.1) is 0 Å². The van der Waals surface area contributed by atoms with Gasteiger partial charge in [0.05, 0.1) is 6.04 Å². The van der Waals surface area contributed by atoms with Crippen molar-refractivity contribution in [2.24, 2.45) is 11.7 Å². The predicted molar refractivity (Wildman–Crippen MR) is 85.4 cm³/mol. The Balaban J connectivity index is 2.10. The number of nitrogens with one attached hydrogen (secondary N) is 1. The number of anilines is 1. The van der Waals surface area contributed by atoms with Crippen LogP contribution < -0.4 is 11.1 Å². The number of hydrogen-bond acceptors (Lipinski definition) is 4. The van der Waals surface area contributed by atoms with E-state index in [1.807, 2.05) is 38.1 Å². The van der Waals surface area contributed by atoms with Crippen molar-refractivity contribution in [2.45, 2.75) is 19.9 Å². The summed E-state index contributed by atoms with van der Waals surface area (Å²) < 4.78 is 6.32. The third-order valence-electron chi connectivity index (χ3n) is 2.84. The van der Waals surface area contributed by atoms with Crippen LogP contribution in [0.4, 0.5) is 5.69 Å². The molecule has 1 aromatic heterocycles. The number of carbonyl (C=O) groups excluding carboxylic acids is 1. The summed E-state index contributed by atoms with van der Waals surface area (Å²) in [6.45, 7) is 3.95. The molecule has 0 fully saturated rings. The first kappa shape index (κ1) is 15.0. The van der Waals surface area contributed by atoms with Crippen molar-refractivity contribution in [3.63, 3.8) is 0 Å². The lowest BCUT2D eigenvalue weighted by molar-refractivity contribution is 0.102. The second-order valence-corrected chi connectivity index (χ2v) is 6.05. The van der Waals surface area contributed by atoms with Gasteiger partial charge in [-0.1, -0.05) is 19.9 Å². The summed E-state index contributed by atoms with van der Waals surface area (Å²) in [5, 5.41) is 2.77. The number of rotatable bonds is 4. The number of hydrogen-bond donors (Lipinski definition) is 2. The molecule has 0 aliphatic heterocycles. The Morgan fingerprint density at radius 1 is 1.45 bits per heavy atom. The Kier molecular flexibility index (Phi) is 4.77. The largest absolute Gasteiger partial charge is 0.446 e. The highest BCUT2D eigenvalue weighted by Crippen LogP contribution is 2.19. The second-order valence-electron chi connectivity index (χ2n) is 4.81. The monoisotopic (exact) mass is 385 g/mol. The van der Waals surface area contributed by atoms with Gasteiger partial charge in [-0.25, -0.2) is 4.98 Å². The van der Waals surface area contributed by atoms with Crippen LogP contribution in [0.5, 0.6) is 0 Å². The van der Waals surface area contributed by atoms with Gasteiger partial charge in [0.15, 0.2) is 5.69 Å². The molecular formula is C14H16IN3O2. The molecule has 5 nitrogen and oxygen atoms in total. The first-order chi connectivity index (χ1) is 9.47. The van der Waals surface area contributed by atoms with Crippen molar-refractivity contribution in [3.8, 4) is 0 Å². The fourth-order valence-corrected chi connectivity index (χ4v) is 2.13. The highest BCUT2D eigenvalue weighted by molar-refractivity contribution is 14.1. The molecule has 0 aliphatic rings. The van der Waals surface area contributed by atoms with E-state index in [4.69, 9.17) is 10.2 Å². The molecule has 20 heavy (non-hydrogen) atoms. The Hall–Kier alpha value is -1.41. The molecule has 1 heterocycles. The van der Waals surface area contributed by atoms with Gasteiger partial charge in [0.2, 0.25) is 5.89 Å². The highest BCUT2D eigenvalue weighted by atomic mass is 127. The summed E-state index contributed by atoms with van der Waals surface area (Å²) >= 11 is 2.18. The predicted octanol–water partition coefficient (Wildman–Crippen LogP) is 3.19. The fourth-order valence-electron chi connectivity index (χ4n) is 1.59. The van der Waals surface area contributed by atoms with Crippen LogP contribution in [0.25, 0.3) is 0 Å². The summed E-state index contributed by atoms with van der Waals surface area (Å²) in [6.07, 6.45) is 1.33. The van der Waals surface area contributed by atoms with Crippen LogP contribution in [0.15, 0.2) is 34.9 Å². The molecule has 1 atom stereocenters. The van der Waals surface area contributed by atoms with Gasteiger partial charge in [-0.2, -0.15) is 0 Å². The molecule has 1 aromatic carbocycles. The Bertz CT molecular complexity index is 610. The molecule has 0 radical (unpaired) electrons. The van der Waals surface area contributed by atoms with E-state index >= 15 is 0 Å². The van der Waals surface area contributed by atoms with E-state index < -0.39 is 0 Å². The quantitative estimate of drug-likeness (QED) is 0.793. The number of carbonyl (C=O) groups is 1. The third kappa shape index (κ3) is 3.57. The van der Waals surface area contributed by atoms with E-state index in [-0.39, 0.29) is 23.6 Å². The second kappa shape index (κ2) is 6.36. The number of benzene rings is 1. The van der Waals surface area contributed by atoms with Crippen LogP contribution in [0.2, 0.25) is 0 Å². The van der Waals surface area contributed by atoms with Gasteiger partial charge < -0.3 is 15.5 Å². The molecule has 0 saturated carbocycles. The SMILES string of the molecule is CC(C)C(N)c1nc(C(=O)Nc2cccc(I)c2)co1. The van der Waals surface area contributed by atoms with Crippen molar-refractivity contribution in [3.05, 3.63) is 45.7 Å². The Morgan fingerprint density at radius 2 is 2.20 bits per heavy atom. The number of halogens is 1. The number of oxazole rings is 1. The average molecular weight is 385 g/mol. The van der Waals surface area contributed by atoms with E-state index in [2.05, 4.69) is 32.9 Å². The van der Waals surface area contributed by atoms with E-state index in [0.717, 1.165) is 9.26 Å². The fraction of sp³-hybridized carbons (Fsp3) is 0.286. The van der Waals surface area contributed by atoms with E-state index in [9.17, 15) is 4.79 Å². The molecule has 2 aromatic rings. The number of amides is 1. The van der Waals surface area contributed by atoms with Gasteiger partial charge >= 0.3 is 0 Å². The van der Waals surface area contributed by atoms with Crippen molar-refractivity contribution in [1.82, 2.24) is 4.98 Å². The minimum Gasteiger partial charge on any atom is -0.446 e. The molecule has 0 spiro atoms. The normalized spacial score (nSPS) is 12.4. The topological polar surface area (TPSA) is 81.1 Å². The summed E-state index contributed by atoms with van der Waals surface area (Å²) in [5.74, 6) is 0.269. The Morgan fingerprint density at radius 3 is 2.85 bits per heavy atom. The standard InChI is InChI=1S/C14H16IN3O2/c1-8(2)12(16)14-18-11(7-20-14)13(19)17-10-5-3-4-9(15)6-10/h3-8,12H,16H2,1-2H3,(H,17,19). The van der Waals surface area contributed by atoms with Crippen LogP contribution in [-0.4, -0.2) is 10.9 Å². The lowest BCUT2D eigenvalue weighted by Gasteiger charge is -2.10. The maximum atomic E-state index is 12.1. The minimum atomic E-state index is -0.311. The maximum Gasteiger partial charge on any atom is 0.277 e. The Labute approximate surface area is 131 Å². The first-order valence-electron chi connectivity index (χ1n) is 6.25. The number of nitrogens with zero attached hydrogens (tertiary/aromatic N) is 1. The summed E-state index contributed by atoms with van der Waals surface area (Å²) in [6, 6.07) is 7.21. The molecule has 0 bridgehead atoms. The molecule has 106 valence electrons. The molecule has 1 unspecified atom stereocenters. The van der Waals surface area contributed by atoms with Crippen LogP contribution >= 0.6 is 22.6 Å². The summed E-state index contributed by atoms with van der Waals surface area (Å²) in [4.78, 5) is 16.2. The minimum absolute atomic E-state index is 0.195. The van der Waals surface area contributed by atoms with Crippen LogP contribution in [0.3, 0.4) is 0 Å². The lowest BCUT2D eigenvalue weighted by atomic mass is 10.1. The van der Waals surface area contributed by atoms with Gasteiger partial charge in [-0.05, 0) is 46.7 Å². The molecule has 1 amide bonds. The van der Waals surface area contributed by atoms with Crippen molar-refractivity contribution in [2.75, 3.05) is 5.32 Å². The number of aromatic nitrogens is 1.